The van der Waals surface area contributed by atoms with Crippen LogP contribution in [0.15, 0.2) is 23.1 Å². The molecule has 0 aliphatic carbocycles. The number of fused-ring (bicyclic) bond motifs is 1. The lowest BCUT2D eigenvalue weighted by Gasteiger charge is -2.27. The molecule has 0 atom stereocenters. The van der Waals surface area contributed by atoms with Crippen molar-refractivity contribution in [1.29, 1.82) is 0 Å². The van der Waals surface area contributed by atoms with Gasteiger partial charge in [-0.15, -0.1) is 0 Å². The Morgan fingerprint density at radius 2 is 2.21 bits per heavy atom. The standard InChI is InChI=1S/C16H22N6O2/c1-11(2)22-14(4-6-17-22)18-15(23)10-21-7-5-13-12(9-21)8-16(24)20(3)19-13/h4,6,8,11H,5,7,9-10H2,1-3H3,(H,18,23). The Hall–Kier alpha value is -2.48. The van der Waals surface area contributed by atoms with E-state index in [9.17, 15) is 9.59 Å². The maximum Gasteiger partial charge on any atom is 0.266 e. The first-order valence-corrected chi connectivity index (χ1v) is 8.06. The van der Waals surface area contributed by atoms with Crippen LogP contribution in [0.1, 0.15) is 31.1 Å². The maximum absolute atomic E-state index is 12.3. The highest BCUT2D eigenvalue weighted by atomic mass is 16.2. The summed E-state index contributed by atoms with van der Waals surface area (Å²) in [4.78, 5) is 26.1. The highest BCUT2D eigenvalue weighted by Crippen LogP contribution is 2.16. The molecule has 2 aromatic heterocycles. The number of rotatable bonds is 4. The van der Waals surface area contributed by atoms with Crippen molar-refractivity contribution in [3.8, 4) is 0 Å². The molecule has 0 bridgehead atoms. The van der Waals surface area contributed by atoms with E-state index in [2.05, 4.69) is 15.5 Å². The van der Waals surface area contributed by atoms with Crippen molar-refractivity contribution in [2.75, 3.05) is 18.4 Å². The summed E-state index contributed by atoms with van der Waals surface area (Å²) in [6.45, 7) is 5.61. The van der Waals surface area contributed by atoms with Crippen LogP contribution in [0.3, 0.4) is 0 Å². The van der Waals surface area contributed by atoms with Crippen LogP contribution in [0.4, 0.5) is 5.82 Å². The smallest absolute Gasteiger partial charge is 0.266 e. The average Bonchev–Trinajstić information content (AvgIpc) is 2.97. The van der Waals surface area contributed by atoms with E-state index in [0.717, 1.165) is 24.2 Å². The molecular formula is C16H22N6O2. The normalized spacial score (nSPS) is 14.7. The molecule has 0 unspecified atom stereocenters. The van der Waals surface area contributed by atoms with Crippen LogP contribution >= 0.6 is 0 Å². The summed E-state index contributed by atoms with van der Waals surface area (Å²) < 4.78 is 3.13. The highest BCUT2D eigenvalue weighted by Gasteiger charge is 2.21. The van der Waals surface area contributed by atoms with Crippen LogP contribution in [-0.4, -0.2) is 43.5 Å². The van der Waals surface area contributed by atoms with Gasteiger partial charge in [-0.2, -0.15) is 10.2 Å². The van der Waals surface area contributed by atoms with E-state index in [1.807, 2.05) is 18.7 Å². The monoisotopic (exact) mass is 330 g/mol. The Morgan fingerprint density at radius 1 is 1.42 bits per heavy atom. The molecule has 8 heteroatoms. The van der Waals surface area contributed by atoms with E-state index in [0.29, 0.717) is 12.4 Å². The third-order valence-electron chi connectivity index (χ3n) is 4.11. The highest BCUT2D eigenvalue weighted by molar-refractivity contribution is 5.91. The molecule has 1 aliphatic rings. The van der Waals surface area contributed by atoms with Gasteiger partial charge in [-0.1, -0.05) is 0 Å². The Bertz CT molecular complexity index is 807. The minimum atomic E-state index is -0.124. The molecular weight excluding hydrogens is 308 g/mol. The van der Waals surface area contributed by atoms with Gasteiger partial charge in [0.15, 0.2) is 0 Å². The van der Waals surface area contributed by atoms with Gasteiger partial charge in [0.25, 0.3) is 5.56 Å². The molecule has 0 radical (unpaired) electrons. The molecule has 0 aromatic carbocycles. The van der Waals surface area contributed by atoms with Crippen molar-refractivity contribution in [2.24, 2.45) is 7.05 Å². The van der Waals surface area contributed by atoms with Gasteiger partial charge in [0.1, 0.15) is 5.82 Å². The third kappa shape index (κ3) is 3.38. The van der Waals surface area contributed by atoms with Crippen molar-refractivity contribution >= 4 is 11.7 Å². The topological polar surface area (TPSA) is 85.1 Å². The summed E-state index contributed by atoms with van der Waals surface area (Å²) in [6.07, 6.45) is 2.41. The minimum absolute atomic E-state index is 0.0855. The zero-order chi connectivity index (χ0) is 17.3. The van der Waals surface area contributed by atoms with Gasteiger partial charge in [0.05, 0.1) is 18.4 Å². The molecule has 0 saturated heterocycles. The van der Waals surface area contributed by atoms with Crippen LogP contribution in [0, 0.1) is 0 Å². The lowest BCUT2D eigenvalue weighted by Crippen LogP contribution is -2.39. The number of aryl methyl sites for hydroxylation is 1. The number of nitrogens with one attached hydrogen (secondary N) is 1. The molecule has 3 rings (SSSR count). The Morgan fingerprint density at radius 3 is 2.96 bits per heavy atom. The lowest BCUT2D eigenvalue weighted by molar-refractivity contribution is -0.117. The van der Waals surface area contributed by atoms with Crippen LogP contribution in [0.2, 0.25) is 0 Å². The number of hydrogen-bond donors (Lipinski definition) is 1. The first kappa shape index (κ1) is 16.4. The number of carbonyl (C=O) groups excluding carboxylic acids is 1. The van der Waals surface area contributed by atoms with Gasteiger partial charge in [0.2, 0.25) is 5.91 Å². The second-order valence-electron chi connectivity index (χ2n) is 6.34. The van der Waals surface area contributed by atoms with Gasteiger partial charge in [-0.05, 0) is 19.4 Å². The number of hydrogen-bond acceptors (Lipinski definition) is 5. The lowest BCUT2D eigenvalue weighted by atomic mass is 10.1. The zero-order valence-electron chi connectivity index (χ0n) is 14.2. The molecule has 1 aliphatic heterocycles. The van der Waals surface area contributed by atoms with Gasteiger partial charge < -0.3 is 5.32 Å². The summed E-state index contributed by atoms with van der Waals surface area (Å²) in [6, 6.07) is 3.58. The molecule has 0 spiro atoms. The van der Waals surface area contributed by atoms with E-state index in [1.165, 1.54) is 4.68 Å². The van der Waals surface area contributed by atoms with Crippen molar-refractivity contribution < 1.29 is 4.79 Å². The summed E-state index contributed by atoms with van der Waals surface area (Å²) in [5.41, 5.74) is 1.72. The number of amides is 1. The Labute approximate surface area is 140 Å². The van der Waals surface area contributed by atoms with Crippen LogP contribution in [0.5, 0.6) is 0 Å². The van der Waals surface area contributed by atoms with E-state index < -0.39 is 0 Å². The summed E-state index contributed by atoms with van der Waals surface area (Å²) >= 11 is 0. The molecule has 128 valence electrons. The SMILES string of the molecule is CC(C)n1nccc1NC(=O)CN1CCc2nn(C)c(=O)cc2C1. The van der Waals surface area contributed by atoms with Crippen molar-refractivity contribution in [2.45, 2.75) is 32.9 Å². The number of aromatic nitrogens is 4. The van der Waals surface area contributed by atoms with Gasteiger partial charge in [0, 0.05) is 44.7 Å². The first-order chi connectivity index (χ1) is 11.4. The van der Waals surface area contributed by atoms with Crippen molar-refractivity contribution in [3.05, 3.63) is 39.9 Å². The van der Waals surface area contributed by atoms with Crippen LogP contribution < -0.4 is 10.9 Å². The Kier molecular flexibility index (Phi) is 4.48. The van der Waals surface area contributed by atoms with Gasteiger partial charge >= 0.3 is 0 Å². The fourth-order valence-electron chi connectivity index (χ4n) is 2.90. The molecule has 1 amide bonds. The Balaban J connectivity index is 1.64. The summed E-state index contributed by atoms with van der Waals surface area (Å²) in [7, 11) is 1.65. The molecule has 24 heavy (non-hydrogen) atoms. The van der Waals surface area contributed by atoms with Crippen molar-refractivity contribution in [1.82, 2.24) is 24.5 Å². The molecule has 0 fully saturated rings. The quantitative estimate of drug-likeness (QED) is 0.885. The van der Waals surface area contributed by atoms with E-state index in [4.69, 9.17) is 0 Å². The third-order valence-corrected chi connectivity index (χ3v) is 4.11. The first-order valence-electron chi connectivity index (χ1n) is 8.06. The number of carbonyl (C=O) groups is 1. The van der Waals surface area contributed by atoms with Crippen LogP contribution in [-0.2, 0) is 24.8 Å². The van der Waals surface area contributed by atoms with E-state index >= 15 is 0 Å². The number of nitrogens with zero attached hydrogens (tertiary/aromatic N) is 5. The van der Waals surface area contributed by atoms with Gasteiger partial charge in [-0.3, -0.25) is 14.5 Å². The zero-order valence-corrected chi connectivity index (χ0v) is 14.2. The molecule has 8 nitrogen and oxygen atoms in total. The second-order valence-corrected chi connectivity index (χ2v) is 6.34. The van der Waals surface area contributed by atoms with E-state index in [-0.39, 0.29) is 24.1 Å². The predicted molar refractivity (Wildman–Crippen MR) is 89.7 cm³/mol. The van der Waals surface area contributed by atoms with Crippen LogP contribution in [0.25, 0.3) is 0 Å². The molecule has 0 saturated carbocycles. The number of anilines is 1. The molecule has 3 heterocycles. The minimum Gasteiger partial charge on any atom is -0.310 e. The second kappa shape index (κ2) is 6.56. The fourth-order valence-corrected chi connectivity index (χ4v) is 2.90. The fraction of sp³-hybridized carbons (Fsp3) is 0.500. The van der Waals surface area contributed by atoms with E-state index in [1.54, 1.807) is 30.1 Å². The molecule has 1 N–H and O–H groups in total. The summed E-state index contributed by atoms with van der Waals surface area (Å²) in [5, 5.41) is 11.4. The average molecular weight is 330 g/mol. The summed E-state index contributed by atoms with van der Waals surface area (Å²) in [5.74, 6) is 0.612. The predicted octanol–water partition coefficient (Wildman–Crippen LogP) is 0.554. The van der Waals surface area contributed by atoms with Crippen molar-refractivity contribution in [3.63, 3.8) is 0 Å². The molecule has 2 aromatic rings. The van der Waals surface area contributed by atoms with Gasteiger partial charge in [-0.25, -0.2) is 9.36 Å². The largest absolute Gasteiger partial charge is 0.310 e. The maximum atomic E-state index is 12.3.